The number of pyridine rings is 1. The lowest BCUT2D eigenvalue weighted by Crippen LogP contribution is -2.35. The molecule has 0 saturated heterocycles. The maximum absolute atomic E-state index is 6.35. The molecule has 0 radical (unpaired) electrons. The molecule has 2 rings (SSSR count). The topological polar surface area (TPSA) is 38.9 Å². The fraction of sp³-hybridized carbons (Fsp3) is 0.667. The van der Waals surface area contributed by atoms with E-state index in [-0.39, 0.29) is 6.04 Å². The highest BCUT2D eigenvalue weighted by Crippen LogP contribution is 2.30. The van der Waals surface area contributed by atoms with E-state index in [1.165, 1.54) is 36.9 Å². The van der Waals surface area contributed by atoms with Crippen molar-refractivity contribution in [3.05, 3.63) is 29.6 Å². The molecule has 0 amide bonds. The number of nitrogens with zero attached hydrogens (tertiary/aromatic N) is 1. The molecular formula is C15H24N2. The lowest BCUT2D eigenvalue weighted by molar-refractivity contribution is 0.252. The first-order chi connectivity index (χ1) is 8.16. The molecule has 0 aromatic carbocycles. The Morgan fingerprint density at radius 2 is 2.06 bits per heavy atom. The Morgan fingerprint density at radius 1 is 1.35 bits per heavy atom. The predicted molar refractivity (Wildman–Crippen MR) is 71.8 cm³/mol. The van der Waals surface area contributed by atoms with E-state index >= 15 is 0 Å². The van der Waals surface area contributed by atoms with E-state index in [2.05, 4.69) is 24.9 Å². The first-order valence-corrected chi connectivity index (χ1v) is 6.83. The fourth-order valence-electron chi connectivity index (χ4n) is 2.84. The van der Waals surface area contributed by atoms with E-state index in [9.17, 15) is 0 Å². The van der Waals surface area contributed by atoms with E-state index in [1.54, 1.807) is 0 Å². The second-order valence-electron chi connectivity index (χ2n) is 5.65. The minimum absolute atomic E-state index is 0.288. The van der Waals surface area contributed by atoms with Gasteiger partial charge in [-0.15, -0.1) is 0 Å². The van der Waals surface area contributed by atoms with Gasteiger partial charge in [-0.05, 0) is 43.2 Å². The van der Waals surface area contributed by atoms with Crippen molar-refractivity contribution in [2.24, 2.45) is 17.6 Å². The molecule has 17 heavy (non-hydrogen) atoms. The van der Waals surface area contributed by atoms with Crippen LogP contribution in [0.2, 0.25) is 0 Å². The van der Waals surface area contributed by atoms with Gasteiger partial charge >= 0.3 is 0 Å². The van der Waals surface area contributed by atoms with Crippen molar-refractivity contribution in [3.8, 4) is 0 Å². The molecule has 0 aliphatic heterocycles. The van der Waals surface area contributed by atoms with Crippen molar-refractivity contribution >= 4 is 0 Å². The Kier molecular flexibility index (Phi) is 4.16. The lowest BCUT2D eigenvalue weighted by Gasteiger charge is -2.30. The largest absolute Gasteiger partial charge is 0.327 e. The van der Waals surface area contributed by atoms with Crippen LogP contribution in [0.5, 0.6) is 0 Å². The van der Waals surface area contributed by atoms with Crippen LogP contribution in [0.3, 0.4) is 0 Å². The highest BCUT2D eigenvalue weighted by molar-refractivity contribution is 5.18. The Balaban J connectivity index is 1.93. The van der Waals surface area contributed by atoms with Gasteiger partial charge in [0.25, 0.3) is 0 Å². The second-order valence-corrected chi connectivity index (χ2v) is 5.65. The molecule has 2 heteroatoms. The molecule has 94 valence electrons. The Morgan fingerprint density at radius 3 is 2.71 bits per heavy atom. The third-order valence-corrected chi connectivity index (χ3v) is 4.21. The summed E-state index contributed by atoms with van der Waals surface area (Å²) in [5.41, 5.74) is 8.80. The molecule has 1 saturated carbocycles. The first kappa shape index (κ1) is 12.6. The minimum Gasteiger partial charge on any atom is -0.327 e. The van der Waals surface area contributed by atoms with Crippen molar-refractivity contribution in [1.29, 1.82) is 0 Å². The molecule has 2 nitrogen and oxygen atoms in total. The zero-order chi connectivity index (χ0) is 12.3. The molecule has 1 aromatic rings. The normalized spacial score (nSPS) is 26.8. The van der Waals surface area contributed by atoms with E-state index in [0.717, 1.165) is 12.3 Å². The van der Waals surface area contributed by atoms with Crippen molar-refractivity contribution in [1.82, 2.24) is 4.98 Å². The van der Waals surface area contributed by atoms with Crippen LogP contribution in [0, 0.1) is 18.8 Å². The average molecular weight is 232 g/mol. The van der Waals surface area contributed by atoms with Crippen LogP contribution in [0.4, 0.5) is 0 Å². The molecule has 1 heterocycles. The number of rotatable bonds is 3. The van der Waals surface area contributed by atoms with Crippen molar-refractivity contribution in [2.45, 2.75) is 52.0 Å². The SMILES string of the molecule is Cc1cccnc1CC(N)C1CCC(C)CC1. The third-order valence-electron chi connectivity index (χ3n) is 4.21. The third kappa shape index (κ3) is 3.29. The minimum atomic E-state index is 0.288. The van der Waals surface area contributed by atoms with Gasteiger partial charge < -0.3 is 5.73 Å². The summed E-state index contributed by atoms with van der Waals surface area (Å²) in [6, 6.07) is 4.40. The lowest BCUT2D eigenvalue weighted by atomic mass is 9.78. The van der Waals surface area contributed by atoms with Gasteiger partial charge in [0.05, 0.1) is 0 Å². The van der Waals surface area contributed by atoms with Crippen molar-refractivity contribution in [3.63, 3.8) is 0 Å². The number of aromatic nitrogens is 1. The maximum Gasteiger partial charge on any atom is 0.0448 e. The molecule has 1 aliphatic rings. The van der Waals surface area contributed by atoms with Crippen molar-refractivity contribution < 1.29 is 0 Å². The van der Waals surface area contributed by atoms with Gasteiger partial charge in [-0.3, -0.25) is 4.98 Å². The molecule has 1 unspecified atom stereocenters. The Bertz CT molecular complexity index is 354. The van der Waals surface area contributed by atoms with Gasteiger partial charge in [-0.25, -0.2) is 0 Å². The summed E-state index contributed by atoms with van der Waals surface area (Å²) in [5.74, 6) is 1.60. The number of nitrogens with two attached hydrogens (primary N) is 1. The van der Waals surface area contributed by atoms with Gasteiger partial charge in [0.2, 0.25) is 0 Å². The molecule has 0 spiro atoms. The second kappa shape index (κ2) is 5.63. The predicted octanol–water partition coefficient (Wildman–Crippen LogP) is 3.09. The summed E-state index contributed by atoms with van der Waals surface area (Å²) in [7, 11) is 0. The fourth-order valence-corrected chi connectivity index (χ4v) is 2.84. The molecule has 1 aliphatic carbocycles. The molecule has 0 bridgehead atoms. The average Bonchev–Trinajstić information content (AvgIpc) is 2.33. The highest BCUT2D eigenvalue weighted by Gasteiger charge is 2.24. The van der Waals surface area contributed by atoms with Crippen LogP contribution in [-0.4, -0.2) is 11.0 Å². The standard InChI is InChI=1S/C15H24N2/c1-11-5-7-13(8-6-11)14(16)10-15-12(2)4-3-9-17-15/h3-4,9,11,13-14H,5-8,10,16H2,1-2H3. The van der Waals surface area contributed by atoms with Crippen LogP contribution in [0.15, 0.2) is 18.3 Å². The monoisotopic (exact) mass is 232 g/mol. The van der Waals surface area contributed by atoms with E-state index in [0.29, 0.717) is 5.92 Å². The van der Waals surface area contributed by atoms with Gasteiger partial charge in [-0.1, -0.05) is 25.8 Å². The summed E-state index contributed by atoms with van der Waals surface area (Å²) in [5, 5.41) is 0. The van der Waals surface area contributed by atoms with Gasteiger partial charge in [0.1, 0.15) is 0 Å². The first-order valence-electron chi connectivity index (χ1n) is 6.83. The van der Waals surface area contributed by atoms with Gasteiger partial charge in [0, 0.05) is 24.4 Å². The zero-order valence-corrected chi connectivity index (χ0v) is 11.0. The van der Waals surface area contributed by atoms with Gasteiger partial charge in [0.15, 0.2) is 0 Å². The van der Waals surface area contributed by atoms with Crippen molar-refractivity contribution in [2.75, 3.05) is 0 Å². The molecular weight excluding hydrogens is 208 g/mol. The summed E-state index contributed by atoms with van der Waals surface area (Å²) in [4.78, 5) is 4.45. The maximum atomic E-state index is 6.35. The summed E-state index contributed by atoms with van der Waals surface area (Å²) >= 11 is 0. The summed E-state index contributed by atoms with van der Waals surface area (Å²) in [6.07, 6.45) is 8.10. The highest BCUT2D eigenvalue weighted by atomic mass is 14.7. The number of aryl methyl sites for hydroxylation is 1. The molecule has 1 atom stereocenters. The summed E-state index contributed by atoms with van der Waals surface area (Å²) in [6.45, 7) is 4.47. The molecule has 2 N–H and O–H groups in total. The molecule has 1 aromatic heterocycles. The van der Waals surface area contributed by atoms with Crippen LogP contribution in [-0.2, 0) is 6.42 Å². The zero-order valence-electron chi connectivity index (χ0n) is 11.0. The Hall–Kier alpha value is -0.890. The van der Waals surface area contributed by atoms with Crippen LogP contribution >= 0.6 is 0 Å². The number of hydrogen-bond acceptors (Lipinski definition) is 2. The van der Waals surface area contributed by atoms with Gasteiger partial charge in [-0.2, -0.15) is 0 Å². The Labute approximate surface area is 105 Å². The van der Waals surface area contributed by atoms with Crippen LogP contribution in [0.25, 0.3) is 0 Å². The van der Waals surface area contributed by atoms with Crippen LogP contribution < -0.4 is 5.73 Å². The quantitative estimate of drug-likeness (QED) is 0.869. The smallest absolute Gasteiger partial charge is 0.0448 e. The van der Waals surface area contributed by atoms with E-state index in [1.807, 2.05) is 12.3 Å². The number of hydrogen-bond donors (Lipinski definition) is 1. The molecule has 1 fully saturated rings. The van der Waals surface area contributed by atoms with E-state index < -0.39 is 0 Å². The van der Waals surface area contributed by atoms with E-state index in [4.69, 9.17) is 5.73 Å². The summed E-state index contributed by atoms with van der Waals surface area (Å²) < 4.78 is 0. The van der Waals surface area contributed by atoms with Crippen LogP contribution in [0.1, 0.15) is 43.9 Å².